The van der Waals surface area contributed by atoms with E-state index >= 15 is 0 Å². The van der Waals surface area contributed by atoms with Crippen molar-refractivity contribution < 1.29 is 28.7 Å². The number of benzene rings is 1. The highest BCUT2D eigenvalue weighted by Gasteiger charge is 2.28. The Morgan fingerprint density at radius 2 is 1.83 bits per heavy atom. The number of aliphatic carboxylic acids is 1. The van der Waals surface area contributed by atoms with Gasteiger partial charge in [0, 0.05) is 30.7 Å². The number of halogens is 2. The van der Waals surface area contributed by atoms with Gasteiger partial charge in [0.15, 0.2) is 0 Å². The largest absolute Gasteiger partial charge is 0.480 e. The summed E-state index contributed by atoms with van der Waals surface area (Å²) >= 11 is 15.4. The summed E-state index contributed by atoms with van der Waals surface area (Å²) in [5.74, 6) is -0.573. The van der Waals surface area contributed by atoms with Gasteiger partial charge in [0.1, 0.15) is 16.4 Å². The summed E-state index contributed by atoms with van der Waals surface area (Å²) in [4.78, 5) is 48.5. The first-order chi connectivity index (χ1) is 16.7. The number of nitrogens with one attached hydrogen (secondary N) is 3. The topological polar surface area (TPSA) is 138 Å². The Morgan fingerprint density at radius 1 is 1.14 bits per heavy atom. The van der Waals surface area contributed by atoms with Crippen LogP contribution in [0.1, 0.15) is 21.7 Å². The smallest absolute Gasteiger partial charge is 0.328 e. The van der Waals surface area contributed by atoms with Crippen molar-refractivity contribution in [1.29, 1.82) is 0 Å². The molecule has 0 radical (unpaired) electrons. The lowest BCUT2D eigenvalue weighted by atomic mass is 10.1. The zero-order chi connectivity index (χ0) is 25.4. The first-order valence-electron chi connectivity index (χ1n) is 10.3. The molecule has 1 aliphatic rings. The van der Waals surface area contributed by atoms with Crippen molar-refractivity contribution in [3.63, 3.8) is 0 Å². The lowest BCUT2D eigenvalue weighted by Crippen LogP contribution is -2.49. The van der Waals surface area contributed by atoms with Crippen molar-refractivity contribution in [2.75, 3.05) is 18.1 Å². The maximum Gasteiger partial charge on any atom is 0.328 e. The lowest BCUT2D eigenvalue weighted by molar-refractivity contribution is -0.139. The average molecular weight is 558 g/mol. The van der Waals surface area contributed by atoms with Crippen LogP contribution in [0.2, 0.25) is 10.0 Å². The number of carboxylic acid groups (broad SMARTS) is 1. The predicted octanol–water partition coefficient (Wildman–Crippen LogP) is 3.02. The molecule has 1 aromatic heterocycles. The molecule has 2 aromatic rings. The monoisotopic (exact) mass is 557 g/mol. The molecule has 1 atom stereocenters. The fraction of sp³-hybridized carbons (Fsp3) is 0.273. The molecule has 1 aliphatic heterocycles. The van der Waals surface area contributed by atoms with E-state index in [1.807, 2.05) is 0 Å². The molecule has 0 bridgehead atoms. The van der Waals surface area contributed by atoms with Gasteiger partial charge in [-0.25, -0.2) is 4.79 Å². The summed E-state index contributed by atoms with van der Waals surface area (Å²) < 4.78 is 4.81. The van der Waals surface area contributed by atoms with E-state index in [4.69, 9.17) is 27.6 Å². The Hall–Kier alpha value is -2.60. The molecule has 3 amide bonds. The van der Waals surface area contributed by atoms with Gasteiger partial charge < -0.3 is 25.5 Å². The predicted molar refractivity (Wildman–Crippen MR) is 137 cm³/mol. The molecule has 1 aromatic carbocycles. The minimum absolute atomic E-state index is 0.0164. The molecule has 0 unspecified atom stereocenters. The number of amides is 3. The SMILES string of the molecule is O=C(C=Cc1ccco1)NCc1cc(Cl)c(C(=O)N[C@@H](CNC(=O)C2SCCS2)C(=O)O)c(Cl)c1. The van der Waals surface area contributed by atoms with Crippen LogP contribution in [-0.4, -0.2) is 57.5 Å². The van der Waals surface area contributed by atoms with Gasteiger partial charge in [-0.1, -0.05) is 23.2 Å². The highest BCUT2D eigenvalue weighted by atomic mass is 35.5. The highest BCUT2D eigenvalue weighted by Crippen LogP contribution is 2.31. The van der Waals surface area contributed by atoms with Gasteiger partial charge in [0.05, 0.1) is 21.9 Å². The lowest BCUT2D eigenvalue weighted by Gasteiger charge is -2.18. The van der Waals surface area contributed by atoms with Gasteiger partial charge >= 0.3 is 5.97 Å². The van der Waals surface area contributed by atoms with E-state index < -0.39 is 17.9 Å². The van der Waals surface area contributed by atoms with E-state index in [-0.39, 0.29) is 45.1 Å². The number of carbonyl (C=O) groups is 4. The molecule has 0 aliphatic carbocycles. The van der Waals surface area contributed by atoms with E-state index in [0.29, 0.717) is 11.3 Å². The normalized spacial score (nSPS) is 14.6. The maximum absolute atomic E-state index is 12.7. The Kier molecular flexibility index (Phi) is 9.96. The van der Waals surface area contributed by atoms with Crippen LogP contribution in [0.15, 0.2) is 41.0 Å². The summed E-state index contributed by atoms with van der Waals surface area (Å²) in [5, 5.41) is 17.0. The summed E-state index contributed by atoms with van der Waals surface area (Å²) in [6.07, 6.45) is 4.30. The third kappa shape index (κ3) is 7.96. The molecule has 2 heterocycles. The first kappa shape index (κ1) is 27.0. The zero-order valence-electron chi connectivity index (χ0n) is 18.1. The number of hydrogen-bond acceptors (Lipinski definition) is 7. The third-order valence-corrected chi connectivity index (χ3v) is 8.24. The number of furan rings is 1. The Labute approximate surface area is 219 Å². The third-order valence-electron chi connectivity index (χ3n) is 4.66. The quantitative estimate of drug-likeness (QED) is 0.327. The molecular formula is C22H21Cl2N3O6S2. The van der Waals surface area contributed by atoms with Gasteiger partial charge in [0.2, 0.25) is 11.8 Å². The fourth-order valence-corrected chi connectivity index (χ4v) is 6.30. The minimum atomic E-state index is -1.38. The zero-order valence-corrected chi connectivity index (χ0v) is 21.2. The number of carboxylic acids is 1. The molecule has 3 rings (SSSR count). The van der Waals surface area contributed by atoms with Gasteiger partial charge in [-0.3, -0.25) is 14.4 Å². The van der Waals surface area contributed by atoms with Gasteiger partial charge in [0.25, 0.3) is 5.91 Å². The van der Waals surface area contributed by atoms with Crippen molar-refractivity contribution >= 4 is 76.5 Å². The van der Waals surface area contributed by atoms with E-state index in [1.165, 1.54) is 54.1 Å². The van der Waals surface area contributed by atoms with E-state index in [0.717, 1.165) is 11.5 Å². The molecule has 4 N–H and O–H groups in total. The maximum atomic E-state index is 12.7. The van der Waals surface area contributed by atoms with Gasteiger partial charge in [-0.2, -0.15) is 0 Å². The summed E-state index contributed by atoms with van der Waals surface area (Å²) in [7, 11) is 0. The Balaban J connectivity index is 1.58. The minimum Gasteiger partial charge on any atom is -0.480 e. The molecule has 0 spiro atoms. The number of carbonyl (C=O) groups excluding carboxylic acids is 3. The van der Waals surface area contributed by atoms with Crippen molar-refractivity contribution in [2.45, 2.75) is 17.2 Å². The molecule has 13 heteroatoms. The van der Waals surface area contributed by atoms with Crippen LogP contribution >= 0.6 is 46.7 Å². The summed E-state index contributed by atoms with van der Waals surface area (Å²) in [5.41, 5.74) is 0.422. The van der Waals surface area contributed by atoms with Crippen LogP contribution < -0.4 is 16.0 Å². The second kappa shape index (κ2) is 12.9. The van der Waals surface area contributed by atoms with Crippen LogP contribution in [-0.2, 0) is 20.9 Å². The van der Waals surface area contributed by atoms with Crippen LogP contribution in [0, 0.1) is 0 Å². The first-order valence-corrected chi connectivity index (χ1v) is 13.1. The summed E-state index contributed by atoms with van der Waals surface area (Å²) in [6, 6.07) is 4.91. The average Bonchev–Trinajstić information content (AvgIpc) is 3.52. The van der Waals surface area contributed by atoms with Crippen molar-refractivity contribution in [3.8, 4) is 0 Å². The number of hydrogen-bond donors (Lipinski definition) is 4. The number of rotatable bonds is 10. The van der Waals surface area contributed by atoms with Crippen LogP contribution in [0.5, 0.6) is 0 Å². The second-order valence-electron chi connectivity index (χ2n) is 7.18. The second-order valence-corrected chi connectivity index (χ2v) is 10.7. The fourth-order valence-electron chi connectivity index (χ4n) is 2.96. The Bertz CT molecular complexity index is 1100. The van der Waals surface area contributed by atoms with Crippen molar-refractivity contribution in [3.05, 3.63) is 63.5 Å². The molecular weight excluding hydrogens is 537 g/mol. The van der Waals surface area contributed by atoms with Gasteiger partial charge in [-0.15, -0.1) is 23.5 Å². The Morgan fingerprint density at radius 3 is 2.43 bits per heavy atom. The molecule has 1 fully saturated rings. The van der Waals surface area contributed by atoms with Crippen molar-refractivity contribution in [1.82, 2.24) is 16.0 Å². The summed E-state index contributed by atoms with van der Waals surface area (Å²) in [6.45, 7) is -0.202. The highest BCUT2D eigenvalue weighted by molar-refractivity contribution is 8.21. The standard InChI is InChI=1S/C22H21Cl2N3O6S2/c23-14-8-12(10-25-17(28)4-3-13-2-1-5-33-13)9-15(24)18(14)19(29)27-16(21(31)32)11-26-20(30)22-34-6-7-35-22/h1-5,8-9,16,22H,6-7,10-11H2,(H,25,28)(H,26,30)(H,27,29)(H,31,32)/t16-/m0/s1. The van der Waals surface area contributed by atoms with Crippen molar-refractivity contribution in [2.24, 2.45) is 0 Å². The number of thioether (sulfide) groups is 2. The molecule has 9 nitrogen and oxygen atoms in total. The molecule has 35 heavy (non-hydrogen) atoms. The van der Waals surface area contributed by atoms with Crippen LogP contribution in [0.3, 0.4) is 0 Å². The van der Waals surface area contributed by atoms with E-state index in [2.05, 4.69) is 16.0 Å². The van der Waals surface area contributed by atoms with E-state index in [9.17, 15) is 24.3 Å². The van der Waals surface area contributed by atoms with E-state index in [1.54, 1.807) is 12.1 Å². The van der Waals surface area contributed by atoms with Crippen LogP contribution in [0.25, 0.3) is 6.08 Å². The van der Waals surface area contributed by atoms with Gasteiger partial charge in [-0.05, 0) is 35.9 Å². The molecule has 1 saturated heterocycles. The van der Waals surface area contributed by atoms with Crippen LogP contribution in [0.4, 0.5) is 0 Å². The molecule has 0 saturated carbocycles. The molecule has 186 valence electrons.